The number of fused-ring (bicyclic) bond motifs is 4. The number of halogens is 4. The number of esters is 1. The molecule has 51 heavy (non-hydrogen) atoms. The third kappa shape index (κ3) is 7.33. The summed E-state index contributed by atoms with van der Waals surface area (Å²) in [5.74, 6) is -3.34. The van der Waals surface area contributed by atoms with Crippen molar-refractivity contribution in [3.05, 3.63) is 90.2 Å². The first-order chi connectivity index (χ1) is 24.3. The molecule has 0 atom stereocenters. The molecule has 7 N–H and O–H groups in total. The maximum Gasteiger partial charge on any atom is 0.490 e. The standard InChI is InChI=1S/C34H31FN6O3.C2HF3O2/c35-19-8-15-26-28(16-19)40-34(39-26)25-5-3-7-30-32(25)24-4-1-2-6-29(24)41(30)21-11-14-23(33(37)43)27(17-21)38-20-9-12-22(13-10-20)44-31(42)18-36;3-2(4,5)1(6)7/h1-8,11,14-17,20,22,38H,9-10,12-13,18,36H2,(H2,37,43)(H,39,40);(H,6,7). The van der Waals surface area contributed by atoms with Gasteiger partial charge in [-0.3, -0.25) is 9.59 Å². The second-order valence-electron chi connectivity index (χ2n) is 12.0. The highest BCUT2D eigenvalue weighted by Gasteiger charge is 2.38. The zero-order chi connectivity index (χ0) is 36.4. The zero-order valence-electron chi connectivity index (χ0n) is 26.8. The van der Waals surface area contributed by atoms with E-state index in [1.165, 1.54) is 12.1 Å². The van der Waals surface area contributed by atoms with Crippen molar-refractivity contribution < 1.29 is 41.8 Å². The molecule has 7 rings (SSSR count). The Labute approximate surface area is 287 Å². The molecule has 2 aromatic heterocycles. The molecule has 4 aromatic carbocycles. The maximum absolute atomic E-state index is 13.9. The molecule has 1 saturated carbocycles. The van der Waals surface area contributed by atoms with E-state index >= 15 is 0 Å². The van der Waals surface area contributed by atoms with E-state index in [0.717, 1.165) is 45.9 Å². The minimum Gasteiger partial charge on any atom is -0.475 e. The second kappa shape index (κ2) is 14.1. The van der Waals surface area contributed by atoms with Gasteiger partial charge in [-0.25, -0.2) is 14.2 Å². The maximum atomic E-state index is 13.9. The highest BCUT2D eigenvalue weighted by molar-refractivity contribution is 6.15. The van der Waals surface area contributed by atoms with Gasteiger partial charge in [0, 0.05) is 33.8 Å². The van der Waals surface area contributed by atoms with E-state index in [1.54, 1.807) is 12.1 Å². The minimum absolute atomic E-state index is 0.0823. The number of carbonyl (C=O) groups is 3. The Hall–Kier alpha value is -5.96. The number of aromatic amines is 1. The van der Waals surface area contributed by atoms with E-state index < -0.39 is 24.0 Å². The number of hydrogen-bond acceptors (Lipinski definition) is 7. The van der Waals surface area contributed by atoms with Gasteiger partial charge in [0.1, 0.15) is 17.7 Å². The molecule has 1 aliphatic carbocycles. The van der Waals surface area contributed by atoms with Crippen molar-refractivity contribution in [1.82, 2.24) is 14.5 Å². The van der Waals surface area contributed by atoms with E-state index in [2.05, 4.69) is 33.1 Å². The van der Waals surface area contributed by atoms with Crippen molar-refractivity contribution >= 4 is 56.4 Å². The first-order valence-electron chi connectivity index (χ1n) is 15.9. The second-order valence-corrected chi connectivity index (χ2v) is 12.0. The van der Waals surface area contributed by atoms with Gasteiger partial charge in [-0.2, -0.15) is 13.2 Å². The number of alkyl halides is 3. The molecule has 1 aliphatic rings. The predicted molar refractivity (Wildman–Crippen MR) is 183 cm³/mol. The molecule has 0 saturated heterocycles. The summed E-state index contributed by atoms with van der Waals surface area (Å²) in [6.45, 7) is -0.130. The summed E-state index contributed by atoms with van der Waals surface area (Å²) in [5.41, 5.74) is 17.3. The fourth-order valence-corrected chi connectivity index (χ4v) is 6.39. The molecule has 11 nitrogen and oxygen atoms in total. The van der Waals surface area contributed by atoms with Crippen molar-refractivity contribution in [2.75, 3.05) is 11.9 Å². The number of benzene rings is 4. The van der Waals surface area contributed by atoms with Crippen molar-refractivity contribution in [1.29, 1.82) is 0 Å². The minimum atomic E-state index is -5.08. The number of anilines is 1. The molecule has 2 heterocycles. The number of para-hydroxylation sites is 1. The zero-order valence-corrected chi connectivity index (χ0v) is 26.8. The lowest BCUT2D eigenvalue weighted by Crippen LogP contribution is -2.33. The summed E-state index contributed by atoms with van der Waals surface area (Å²) < 4.78 is 53.2. The van der Waals surface area contributed by atoms with Crippen LogP contribution in [0.25, 0.3) is 49.9 Å². The number of rotatable bonds is 7. The Kier molecular flexibility index (Phi) is 9.65. The number of ether oxygens (including phenoxy) is 1. The van der Waals surface area contributed by atoms with Crippen LogP contribution in [-0.2, 0) is 14.3 Å². The highest BCUT2D eigenvalue weighted by atomic mass is 19.4. The third-order valence-electron chi connectivity index (χ3n) is 8.66. The largest absolute Gasteiger partial charge is 0.490 e. The van der Waals surface area contributed by atoms with Gasteiger partial charge in [0.15, 0.2) is 0 Å². The van der Waals surface area contributed by atoms with Crippen LogP contribution in [0, 0.1) is 5.82 Å². The average molecular weight is 705 g/mol. The van der Waals surface area contributed by atoms with Gasteiger partial charge in [-0.05, 0) is 74.2 Å². The van der Waals surface area contributed by atoms with E-state index in [9.17, 15) is 27.2 Å². The fraction of sp³-hybridized carbons (Fsp3) is 0.222. The molecule has 0 radical (unpaired) electrons. The Balaban J connectivity index is 0.000000582. The van der Waals surface area contributed by atoms with Crippen LogP contribution >= 0.6 is 0 Å². The number of nitrogens with two attached hydrogens (primary N) is 2. The van der Waals surface area contributed by atoms with Gasteiger partial charge in [-0.1, -0.05) is 30.3 Å². The Morgan fingerprint density at radius 2 is 1.67 bits per heavy atom. The summed E-state index contributed by atoms with van der Waals surface area (Å²) in [5, 5.41) is 12.7. The van der Waals surface area contributed by atoms with E-state index in [4.69, 9.17) is 31.1 Å². The van der Waals surface area contributed by atoms with Crippen LogP contribution in [0.5, 0.6) is 0 Å². The number of aliphatic carboxylic acids is 1. The molecule has 0 unspecified atom stereocenters. The number of H-pyrrole nitrogens is 1. The van der Waals surface area contributed by atoms with Crippen LogP contribution in [0.15, 0.2) is 78.9 Å². The van der Waals surface area contributed by atoms with Crippen LogP contribution in [0.1, 0.15) is 36.0 Å². The average Bonchev–Trinajstić information content (AvgIpc) is 3.67. The lowest BCUT2D eigenvalue weighted by molar-refractivity contribution is -0.192. The topological polar surface area (TPSA) is 178 Å². The summed E-state index contributed by atoms with van der Waals surface area (Å²) in [6, 6.07) is 24.4. The lowest BCUT2D eigenvalue weighted by Gasteiger charge is -2.30. The number of imidazole rings is 1. The monoisotopic (exact) mass is 704 g/mol. The van der Waals surface area contributed by atoms with Gasteiger partial charge in [-0.15, -0.1) is 0 Å². The molecule has 1 amide bonds. The first kappa shape index (κ1) is 34.9. The van der Waals surface area contributed by atoms with Gasteiger partial charge >= 0.3 is 18.1 Å². The van der Waals surface area contributed by atoms with Crippen LogP contribution in [0.4, 0.5) is 23.2 Å². The molecule has 264 valence electrons. The van der Waals surface area contributed by atoms with E-state index in [-0.39, 0.29) is 24.5 Å². The third-order valence-corrected chi connectivity index (χ3v) is 8.66. The SMILES string of the molecule is NCC(=O)OC1CCC(Nc2cc(-n3c4ccccc4c4c(-c5nc6ccc(F)cc6[nH]5)cccc43)ccc2C(N)=O)CC1.O=C(O)C(F)(F)F. The van der Waals surface area contributed by atoms with Crippen molar-refractivity contribution in [2.45, 2.75) is 44.0 Å². The number of carboxylic acid groups (broad SMARTS) is 1. The predicted octanol–water partition coefficient (Wildman–Crippen LogP) is 6.42. The lowest BCUT2D eigenvalue weighted by atomic mass is 9.92. The molecule has 15 heteroatoms. The van der Waals surface area contributed by atoms with Crippen LogP contribution in [0.2, 0.25) is 0 Å². The summed E-state index contributed by atoms with van der Waals surface area (Å²) in [4.78, 5) is 41.1. The highest BCUT2D eigenvalue weighted by Crippen LogP contribution is 2.39. The Morgan fingerprint density at radius 1 is 0.961 bits per heavy atom. The van der Waals surface area contributed by atoms with Gasteiger partial charge < -0.3 is 36.2 Å². The molecule has 0 spiro atoms. The van der Waals surface area contributed by atoms with Crippen LogP contribution < -0.4 is 16.8 Å². The number of aromatic nitrogens is 3. The number of hydrogen-bond donors (Lipinski definition) is 5. The van der Waals surface area contributed by atoms with Gasteiger partial charge in [0.05, 0.1) is 34.2 Å². The van der Waals surface area contributed by atoms with Gasteiger partial charge in [0.25, 0.3) is 5.91 Å². The van der Waals surface area contributed by atoms with Crippen molar-refractivity contribution in [3.8, 4) is 17.1 Å². The van der Waals surface area contributed by atoms with Crippen molar-refractivity contribution in [2.24, 2.45) is 11.5 Å². The molecular weight excluding hydrogens is 672 g/mol. The summed E-state index contributed by atoms with van der Waals surface area (Å²) in [7, 11) is 0. The molecule has 1 fully saturated rings. The number of carbonyl (C=O) groups excluding carboxylic acids is 2. The van der Waals surface area contributed by atoms with Crippen LogP contribution in [0.3, 0.4) is 0 Å². The smallest absolute Gasteiger partial charge is 0.475 e. The quantitative estimate of drug-likeness (QED) is 0.0933. The fourth-order valence-electron chi connectivity index (χ4n) is 6.39. The molecule has 0 bridgehead atoms. The number of carboxylic acids is 1. The summed E-state index contributed by atoms with van der Waals surface area (Å²) in [6.07, 6.45) is -2.28. The molecule has 0 aliphatic heterocycles. The number of primary amides is 1. The van der Waals surface area contributed by atoms with Crippen molar-refractivity contribution in [3.63, 3.8) is 0 Å². The molecular formula is C36H32F4N6O5. The molecule has 6 aromatic rings. The van der Waals surface area contributed by atoms with Crippen LogP contribution in [-0.4, -0.2) is 62.4 Å². The Morgan fingerprint density at radius 3 is 2.35 bits per heavy atom. The summed E-state index contributed by atoms with van der Waals surface area (Å²) >= 11 is 0. The van der Waals surface area contributed by atoms with E-state index in [0.29, 0.717) is 41.0 Å². The number of nitrogens with one attached hydrogen (secondary N) is 2. The Bertz CT molecular complexity index is 2270. The number of amides is 1. The first-order valence-corrected chi connectivity index (χ1v) is 15.9. The normalized spacial score (nSPS) is 16.1. The van der Waals surface area contributed by atoms with E-state index in [1.807, 2.05) is 36.4 Å². The van der Waals surface area contributed by atoms with Gasteiger partial charge in [0.2, 0.25) is 0 Å². The number of nitrogens with zero attached hydrogens (tertiary/aromatic N) is 2.